The summed E-state index contributed by atoms with van der Waals surface area (Å²) >= 11 is 0. The number of hydrogen-bond acceptors (Lipinski definition) is 2. The zero-order chi connectivity index (χ0) is 14.0. The second-order valence-corrected chi connectivity index (χ2v) is 4.51. The van der Waals surface area contributed by atoms with Crippen LogP contribution in [-0.4, -0.2) is 23.5 Å². The summed E-state index contributed by atoms with van der Waals surface area (Å²) < 4.78 is 26.1. The molecular weight excluding hydrogens is 256 g/mol. The Bertz CT molecular complexity index is 515. The third-order valence-electron chi connectivity index (χ3n) is 2.96. The van der Waals surface area contributed by atoms with Crippen molar-refractivity contribution in [2.24, 2.45) is 5.92 Å². The van der Waals surface area contributed by atoms with E-state index in [-0.39, 0.29) is 30.5 Å². The highest BCUT2D eigenvalue weighted by molar-refractivity contribution is 5.96. The Morgan fingerprint density at radius 3 is 2.47 bits per heavy atom. The van der Waals surface area contributed by atoms with Crippen LogP contribution in [0.25, 0.3) is 0 Å². The van der Waals surface area contributed by atoms with Crippen molar-refractivity contribution in [3.8, 4) is 0 Å². The molecule has 1 aromatic rings. The zero-order valence-electron chi connectivity index (χ0n) is 10.1. The maximum Gasteiger partial charge on any atom is 0.305 e. The molecule has 1 aliphatic carbocycles. The lowest BCUT2D eigenvalue weighted by Gasteiger charge is -2.22. The van der Waals surface area contributed by atoms with Crippen LogP contribution in [0.3, 0.4) is 0 Å². The lowest BCUT2D eigenvalue weighted by Crippen LogP contribution is -2.34. The molecule has 0 heterocycles. The summed E-state index contributed by atoms with van der Waals surface area (Å²) in [5.74, 6) is -3.45. The SMILES string of the molecule is O=C(O)CCN(C(=O)C1CC1)c1ccc(F)c(F)c1. The van der Waals surface area contributed by atoms with E-state index in [0.29, 0.717) is 0 Å². The number of aliphatic carboxylic acids is 1. The molecule has 1 fully saturated rings. The minimum Gasteiger partial charge on any atom is -0.481 e. The van der Waals surface area contributed by atoms with E-state index in [0.717, 1.165) is 25.0 Å². The Morgan fingerprint density at radius 2 is 1.95 bits per heavy atom. The molecule has 0 bridgehead atoms. The van der Waals surface area contributed by atoms with Crippen LogP contribution >= 0.6 is 0 Å². The van der Waals surface area contributed by atoms with E-state index in [2.05, 4.69) is 0 Å². The summed E-state index contributed by atoms with van der Waals surface area (Å²) in [6.45, 7) is -0.0459. The molecule has 19 heavy (non-hydrogen) atoms. The molecule has 0 spiro atoms. The molecule has 6 heteroatoms. The highest BCUT2D eigenvalue weighted by Crippen LogP contribution is 2.33. The second-order valence-electron chi connectivity index (χ2n) is 4.51. The van der Waals surface area contributed by atoms with Gasteiger partial charge in [0.1, 0.15) is 0 Å². The smallest absolute Gasteiger partial charge is 0.305 e. The first-order valence-electron chi connectivity index (χ1n) is 5.97. The molecule has 2 rings (SSSR count). The standard InChI is InChI=1S/C13H13F2NO3/c14-10-4-3-9(7-11(10)15)16(6-5-12(17)18)13(19)8-1-2-8/h3-4,7-8H,1-2,5-6H2,(H,17,18). The normalized spacial score (nSPS) is 14.2. The molecule has 1 N–H and O–H groups in total. The Hall–Kier alpha value is -1.98. The van der Waals surface area contributed by atoms with Crippen LogP contribution in [0.15, 0.2) is 18.2 Å². The molecule has 4 nitrogen and oxygen atoms in total. The number of halogens is 2. The number of carbonyl (C=O) groups is 2. The average Bonchev–Trinajstić information content (AvgIpc) is 3.17. The van der Waals surface area contributed by atoms with Gasteiger partial charge in [-0.2, -0.15) is 0 Å². The van der Waals surface area contributed by atoms with Gasteiger partial charge in [-0.25, -0.2) is 8.78 Å². The molecule has 1 saturated carbocycles. The van der Waals surface area contributed by atoms with Gasteiger partial charge < -0.3 is 10.0 Å². The van der Waals surface area contributed by atoms with Crippen LogP contribution in [0.5, 0.6) is 0 Å². The quantitative estimate of drug-likeness (QED) is 0.891. The van der Waals surface area contributed by atoms with Gasteiger partial charge in [0.2, 0.25) is 5.91 Å². The monoisotopic (exact) mass is 269 g/mol. The Kier molecular flexibility index (Phi) is 3.78. The second kappa shape index (κ2) is 5.34. The van der Waals surface area contributed by atoms with Crippen LogP contribution in [0.1, 0.15) is 19.3 Å². The van der Waals surface area contributed by atoms with Crippen molar-refractivity contribution in [1.29, 1.82) is 0 Å². The molecule has 1 amide bonds. The molecular formula is C13H13F2NO3. The largest absolute Gasteiger partial charge is 0.481 e. The third-order valence-corrected chi connectivity index (χ3v) is 2.96. The Balaban J connectivity index is 2.21. The average molecular weight is 269 g/mol. The highest BCUT2D eigenvalue weighted by Gasteiger charge is 2.34. The van der Waals surface area contributed by atoms with Crippen molar-refractivity contribution in [3.05, 3.63) is 29.8 Å². The van der Waals surface area contributed by atoms with Gasteiger partial charge in [-0.3, -0.25) is 9.59 Å². The van der Waals surface area contributed by atoms with Gasteiger partial charge in [-0.05, 0) is 25.0 Å². The lowest BCUT2D eigenvalue weighted by atomic mass is 10.2. The fourth-order valence-electron chi connectivity index (χ4n) is 1.78. The number of carbonyl (C=O) groups excluding carboxylic acids is 1. The van der Waals surface area contributed by atoms with Crippen molar-refractivity contribution in [3.63, 3.8) is 0 Å². The van der Waals surface area contributed by atoms with Crippen LogP contribution < -0.4 is 4.90 Å². The number of benzene rings is 1. The van der Waals surface area contributed by atoms with Gasteiger partial charge in [0, 0.05) is 24.2 Å². The fraction of sp³-hybridized carbons (Fsp3) is 0.385. The van der Waals surface area contributed by atoms with Gasteiger partial charge in [-0.15, -0.1) is 0 Å². The van der Waals surface area contributed by atoms with Crippen LogP contribution in [-0.2, 0) is 9.59 Å². The first-order valence-corrected chi connectivity index (χ1v) is 5.97. The van der Waals surface area contributed by atoms with E-state index in [4.69, 9.17) is 5.11 Å². The number of anilines is 1. The van der Waals surface area contributed by atoms with Crippen LogP contribution in [0.2, 0.25) is 0 Å². The third kappa shape index (κ3) is 3.27. The summed E-state index contributed by atoms with van der Waals surface area (Å²) in [7, 11) is 0. The maximum absolute atomic E-state index is 13.2. The topological polar surface area (TPSA) is 57.6 Å². The number of rotatable bonds is 5. The van der Waals surface area contributed by atoms with Gasteiger partial charge >= 0.3 is 5.97 Å². The molecule has 0 aromatic heterocycles. The van der Waals surface area contributed by atoms with E-state index >= 15 is 0 Å². The molecule has 0 saturated heterocycles. The van der Waals surface area contributed by atoms with Gasteiger partial charge in [0.15, 0.2) is 11.6 Å². The number of hydrogen-bond donors (Lipinski definition) is 1. The van der Waals surface area contributed by atoms with Crippen LogP contribution in [0, 0.1) is 17.6 Å². The fourth-order valence-corrected chi connectivity index (χ4v) is 1.78. The molecule has 0 unspecified atom stereocenters. The molecule has 0 atom stereocenters. The van der Waals surface area contributed by atoms with Crippen molar-refractivity contribution >= 4 is 17.6 Å². The van der Waals surface area contributed by atoms with Crippen molar-refractivity contribution in [1.82, 2.24) is 0 Å². The molecule has 0 aliphatic heterocycles. The van der Waals surface area contributed by atoms with Gasteiger partial charge in [0.25, 0.3) is 0 Å². The summed E-state index contributed by atoms with van der Waals surface area (Å²) in [4.78, 5) is 23.8. The minimum atomic E-state index is -1.05. The summed E-state index contributed by atoms with van der Waals surface area (Å²) in [5, 5.41) is 8.67. The number of nitrogens with zero attached hydrogens (tertiary/aromatic N) is 1. The molecule has 0 radical (unpaired) electrons. The number of carboxylic acids is 1. The van der Waals surface area contributed by atoms with Crippen molar-refractivity contribution < 1.29 is 23.5 Å². The van der Waals surface area contributed by atoms with E-state index in [1.807, 2.05) is 0 Å². The highest BCUT2D eigenvalue weighted by atomic mass is 19.2. The van der Waals surface area contributed by atoms with Crippen LogP contribution in [0.4, 0.5) is 14.5 Å². The predicted octanol–water partition coefficient (Wildman–Crippen LogP) is 2.18. The summed E-state index contributed by atoms with van der Waals surface area (Å²) in [6.07, 6.45) is 1.27. The summed E-state index contributed by atoms with van der Waals surface area (Å²) in [5.41, 5.74) is 0.192. The number of carboxylic acid groups (broad SMARTS) is 1. The molecule has 102 valence electrons. The maximum atomic E-state index is 13.2. The Morgan fingerprint density at radius 1 is 1.26 bits per heavy atom. The predicted molar refractivity (Wildman–Crippen MR) is 63.7 cm³/mol. The van der Waals surface area contributed by atoms with E-state index in [1.165, 1.54) is 11.0 Å². The van der Waals surface area contributed by atoms with Gasteiger partial charge in [0.05, 0.1) is 6.42 Å². The van der Waals surface area contributed by atoms with E-state index in [9.17, 15) is 18.4 Å². The Labute approximate surface area is 108 Å². The molecule has 1 aliphatic rings. The lowest BCUT2D eigenvalue weighted by molar-refractivity contribution is -0.136. The first-order chi connectivity index (χ1) is 8.99. The molecule has 1 aromatic carbocycles. The zero-order valence-corrected chi connectivity index (χ0v) is 10.1. The van der Waals surface area contributed by atoms with Gasteiger partial charge in [-0.1, -0.05) is 0 Å². The van der Waals surface area contributed by atoms with Crippen molar-refractivity contribution in [2.45, 2.75) is 19.3 Å². The summed E-state index contributed by atoms with van der Waals surface area (Å²) in [6, 6.07) is 3.12. The first kappa shape index (κ1) is 13.5. The minimum absolute atomic E-state index is 0.0459. The number of amides is 1. The van der Waals surface area contributed by atoms with E-state index in [1.54, 1.807) is 0 Å². The van der Waals surface area contributed by atoms with E-state index < -0.39 is 17.6 Å². The van der Waals surface area contributed by atoms with Crippen molar-refractivity contribution in [2.75, 3.05) is 11.4 Å².